The largest absolute Gasteiger partial charge is 0.394 e. The molecule has 1 aromatic carbocycles. The van der Waals surface area contributed by atoms with Crippen LogP contribution in [-0.2, 0) is 5.54 Å². The molecule has 2 heteroatoms. The standard InChI is InChI=1S/C11H17NO/c1-9(2)11(12,8-13)10-6-4-3-5-7-10/h3-7,9,13H,8,12H2,1-2H3. The maximum Gasteiger partial charge on any atom is 0.0667 e. The third kappa shape index (κ3) is 1.90. The molecule has 0 radical (unpaired) electrons. The minimum atomic E-state index is -0.610. The molecule has 1 rings (SSSR count). The van der Waals surface area contributed by atoms with E-state index in [0.29, 0.717) is 0 Å². The normalized spacial score (nSPS) is 15.8. The highest BCUT2D eigenvalue weighted by Gasteiger charge is 2.29. The molecule has 72 valence electrons. The van der Waals surface area contributed by atoms with E-state index >= 15 is 0 Å². The number of aliphatic hydroxyl groups is 1. The highest BCUT2D eigenvalue weighted by Crippen LogP contribution is 2.25. The summed E-state index contributed by atoms with van der Waals surface area (Å²) in [5.74, 6) is 0.222. The molecule has 0 aliphatic rings. The first-order chi connectivity index (χ1) is 6.11. The molecule has 0 aromatic heterocycles. The first-order valence-corrected chi connectivity index (χ1v) is 4.56. The maximum absolute atomic E-state index is 9.28. The third-order valence-corrected chi connectivity index (χ3v) is 2.60. The SMILES string of the molecule is CC(C)C(N)(CO)c1ccccc1. The van der Waals surface area contributed by atoms with Crippen LogP contribution in [0.25, 0.3) is 0 Å². The van der Waals surface area contributed by atoms with Crippen LogP contribution in [0.1, 0.15) is 19.4 Å². The van der Waals surface area contributed by atoms with Crippen molar-refractivity contribution in [2.24, 2.45) is 11.7 Å². The summed E-state index contributed by atoms with van der Waals surface area (Å²) < 4.78 is 0. The lowest BCUT2D eigenvalue weighted by Crippen LogP contribution is -2.45. The first-order valence-electron chi connectivity index (χ1n) is 4.56. The van der Waals surface area contributed by atoms with Crippen molar-refractivity contribution < 1.29 is 5.11 Å². The second-order valence-corrected chi connectivity index (χ2v) is 3.72. The van der Waals surface area contributed by atoms with Gasteiger partial charge in [0.15, 0.2) is 0 Å². The second kappa shape index (κ2) is 3.90. The highest BCUT2D eigenvalue weighted by atomic mass is 16.3. The van der Waals surface area contributed by atoms with Gasteiger partial charge in [-0.2, -0.15) is 0 Å². The zero-order chi connectivity index (χ0) is 9.90. The predicted octanol–water partition coefficient (Wildman–Crippen LogP) is 1.49. The van der Waals surface area contributed by atoms with E-state index in [1.807, 2.05) is 44.2 Å². The molecule has 0 bridgehead atoms. The summed E-state index contributed by atoms with van der Waals surface area (Å²) in [5, 5.41) is 9.28. The van der Waals surface area contributed by atoms with Gasteiger partial charge in [-0.15, -0.1) is 0 Å². The van der Waals surface area contributed by atoms with E-state index in [-0.39, 0.29) is 12.5 Å². The number of hydrogen-bond acceptors (Lipinski definition) is 2. The van der Waals surface area contributed by atoms with E-state index in [9.17, 15) is 5.11 Å². The minimum Gasteiger partial charge on any atom is -0.394 e. The van der Waals surface area contributed by atoms with E-state index in [4.69, 9.17) is 5.73 Å². The Hall–Kier alpha value is -0.860. The Morgan fingerprint density at radius 2 is 1.85 bits per heavy atom. The van der Waals surface area contributed by atoms with Gasteiger partial charge in [0.1, 0.15) is 0 Å². The Morgan fingerprint density at radius 3 is 2.23 bits per heavy atom. The third-order valence-electron chi connectivity index (χ3n) is 2.60. The van der Waals surface area contributed by atoms with Crippen LogP contribution in [0.3, 0.4) is 0 Å². The van der Waals surface area contributed by atoms with Crippen molar-refractivity contribution in [1.82, 2.24) is 0 Å². The fourth-order valence-corrected chi connectivity index (χ4v) is 1.36. The molecule has 0 amide bonds. The molecule has 0 aliphatic heterocycles. The molecule has 0 heterocycles. The summed E-state index contributed by atoms with van der Waals surface area (Å²) in [4.78, 5) is 0. The second-order valence-electron chi connectivity index (χ2n) is 3.72. The molecule has 0 saturated heterocycles. The van der Waals surface area contributed by atoms with Crippen molar-refractivity contribution in [3.8, 4) is 0 Å². The highest BCUT2D eigenvalue weighted by molar-refractivity contribution is 5.24. The van der Waals surface area contributed by atoms with Crippen molar-refractivity contribution in [2.45, 2.75) is 19.4 Å². The smallest absolute Gasteiger partial charge is 0.0667 e. The maximum atomic E-state index is 9.28. The van der Waals surface area contributed by atoms with Crippen molar-refractivity contribution >= 4 is 0 Å². The minimum absolute atomic E-state index is 0.0192. The Morgan fingerprint density at radius 1 is 1.31 bits per heavy atom. The number of hydrogen-bond donors (Lipinski definition) is 2. The molecular formula is C11H17NO. The topological polar surface area (TPSA) is 46.2 Å². The Kier molecular flexibility index (Phi) is 3.07. The summed E-state index contributed by atoms with van der Waals surface area (Å²) in [7, 11) is 0. The van der Waals surface area contributed by atoms with E-state index in [1.165, 1.54) is 0 Å². The summed E-state index contributed by atoms with van der Waals surface area (Å²) in [6, 6.07) is 9.73. The number of benzene rings is 1. The van der Waals surface area contributed by atoms with Crippen molar-refractivity contribution in [3.05, 3.63) is 35.9 Å². The van der Waals surface area contributed by atoms with Gasteiger partial charge in [0.2, 0.25) is 0 Å². The van der Waals surface area contributed by atoms with E-state index in [0.717, 1.165) is 5.56 Å². The molecule has 0 spiro atoms. The van der Waals surface area contributed by atoms with Gasteiger partial charge in [0, 0.05) is 0 Å². The molecular weight excluding hydrogens is 162 g/mol. The van der Waals surface area contributed by atoms with Crippen LogP contribution in [-0.4, -0.2) is 11.7 Å². The molecule has 2 nitrogen and oxygen atoms in total. The number of nitrogens with two attached hydrogens (primary N) is 1. The van der Waals surface area contributed by atoms with Crippen molar-refractivity contribution in [2.75, 3.05) is 6.61 Å². The van der Waals surface area contributed by atoms with E-state index < -0.39 is 5.54 Å². The summed E-state index contributed by atoms with van der Waals surface area (Å²) in [6.07, 6.45) is 0. The Labute approximate surface area is 79.4 Å². The molecule has 0 saturated carbocycles. The van der Waals surface area contributed by atoms with Gasteiger partial charge >= 0.3 is 0 Å². The fourth-order valence-electron chi connectivity index (χ4n) is 1.36. The Bertz CT molecular complexity index is 258. The summed E-state index contributed by atoms with van der Waals surface area (Å²) in [6.45, 7) is 4.01. The molecule has 1 aromatic rings. The number of rotatable bonds is 3. The van der Waals surface area contributed by atoms with Crippen LogP contribution in [0, 0.1) is 5.92 Å². The fraction of sp³-hybridized carbons (Fsp3) is 0.455. The Balaban J connectivity index is 3.03. The summed E-state index contributed by atoms with van der Waals surface area (Å²) >= 11 is 0. The van der Waals surface area contributed by atoms with Crippen LogP contribution < -0.4 is 5.73 Å². The van der Waals surface area contributed by atoms with Crippen LogP contribution >= 0.6 is 0 Å². The van der Waals surface area contributed by atoms with Crippen molar-refractivity contribution in [1.29, 1.82) is 0 Å². The van der Waals surface area contributed by atoms with Crippen molar-refractivity contribution in [3.63, 3.8) is 0 Å². The molecule has 1 atom stereocenters. The predicted molar refractivity (Wildman–Crippen MR) is 54.2 cm³/mol. The average molecular weight is 179 g/mol. The lowest BCUT2D eigenvalue weighted by molar-refractivity contribution is 0.155. The van der Waals surface area contributed by atoms with Crippen LogP contribution in [0.15, 0.2) is 30.3 Å². The monoisotopic (exact) mass is 179 g/mol. The summed E-state index contributed by atoms with van der Waals surface area (Å²) in [5.41, 5.74) is 6.49. The zero-order valence-corrected chi connectivity index (χ0v) is 8.20. The number of aliphatic hydroxyl groups excluding tert-OH is 1. The first kappa shape index (κ1) is 10.2. The van der Waals surface area contributed by atoms with Gasteiger partial charge in [-0.3, -0.25) is 0 Å². The van der Waals surface area contributed by atoms with Gasteiger partial charge in [-0.25, -0.2) is 0 Å². The average Bonchev–Trinajstić information content (AvgIpc) is 2.17. The lowest BCUT2D eigenvalue weighted by atomic mass is 9.81. The van der Waals surface area contributed by atoms with Crippen LogP contribution in [0.2, 0.25) is 0 Å². The quantitative estimate of drug-likeness (QED) is 0.738. The molecule has 1 unspecified atom stereocenters. The van der Waals surface area contributed by atoms with Gasteiger partial charge in [-0.05, 0) is 11.5 Å². The van der Waals surface area contributed by atoms with E-state index in [2.05, 4.69) is 0 Å². The zero-order valence-electron chi connectivity index (χ0n) is 8.20. The molecule has 13 heavy (non-hydrogen) atoms. The van der Waals surface area contributed by atoms with Gasteiger partial charge in [-0.1, -0.05) is 44.2 Å². The molecule has 0 fully saturated rings. The van der Waals surface area contributed by atoms with Gasteiger partial charge < -0.3 is 10.8 Å². The van der Waals surface area contributed by atoms with Gasteiger partial charge in [0.05, 0.1) is 12.1 Å². The lowest BCUT2D eigenvalue weighted by Gasteiger charge is -2.32. The molecule has 3 N–H and O–H groups in total. The van der Waals surface area contributed by atoms with E-state index in [1.54, 1.807) is 0 Å². The molecule has 0 aliphatic carbocycles. The van der Waals surface area contributed by atoms with Gasteiger partial charge in [0.25, 0.3) is 0 Å². The van der Waals surface area contributed by atoms with Crippen LogP contribution in [0.4, 0.5) is 0 Å². The van der Waals surface area contributed by atoms with Crippen LogP contribution in [0.5, 0.6) is 0 Å².